The summed E-state index contributed by atoms with van der Waals surface area (Å²) >= 11 is 0. The number of hydrogen-bond donors (Lipinski definition) is 0. The van der Waals surface area contributed by atoms with Gasteiger partial charge in [0.25, 0.3) is 0 Å². The normalized spacial score (nSPS) is 12.4. The Balaban J connectivity index is 1.67. The van der Waals surface area contributed by atoms with Crippen molar-refractivity contribution in [3.63, 3.8) is 0 Å². The van der Waals surface area contributed by atoms with Crippen molar-refractivity contribution in [2.45, 2.75) is 11.8 Å². The second-order valence-corrected chi connectivity index (χ2v) is 11.4. The number of carbonyl (C=O) groups excluding carboxylic acids is 3. The minimum absolute atomic E-state index is 0.126. The Labute approximate surface area is 270 Å². The molecule has 0 amide bonds. The van der Waals surface area contributed by atoms with Crippen molar-refractivity contribution in [3.8, 4) is 0 Å². The Hall–Kier alpha value is -5.67. The standard InChI is InChI=1S/C43H34O3/c44-41(34-25-13-4-14-26-34)39(37(31-19-7-1-8-20-31)32-21-9-2-10-22-32)38(33-23-11-3-12-24-33)40(42(45)35-27-15-5-16-28-35)43(46)36-29-17-6-18-30-36/h1-30,37-40H. The topological polar surface area (TPSA) is 51.2 Å². The quantitative estimate of drug-likeness (QED) is 0.104. The van der Waals surface area contributed by atoms with Crippen molar-refractivity contribution < 1.29 is 14.4 Å². The van der Waals surface area contributed by atoms with E-state index in [0.717, 1.165) is 16.7 Å². The molecule has 0 spiro atoms. The van der Waals surface area contributed by atoms with Gasteiger partial charge >= 0.3 is 0 Å². The predicted octanol–water partition coefficient (Wildman–Crippen LogP) is 9.48. The van der Waals surface area contributed by atoms with Crippen molar-refractivity contribution in [1.82, 2.24) is 0 Å². The number of Topliss-reactive ketones (excluding diaryl/α,β-unsaturated/α-hetero) is 3. The molecule has 3 heteroatoms. The molecule has 6 aromatic carbocycles. The Kier molecular flexibility index (Phi) is 9.51. The fraction of sp³-hybridized carbons (Fsp3) is 0.0930. The van der Waals surface area contributed by atoms with Crippen molar-refractivity contribution in [2.75, 3.05) is 0 Å². The number of ketones is 3. The molecule has 0 heterocycles. The van der Waals surface area contributed by atoms with Gasteiger partial charge in [-0.25, -0.2) is 0 Å². The molecular formula is C43H34O3. The molecule has 0 saturated carbocycles. The summed E-state index contributed by atoms with van der Waals surface area (Å²) in [7, 11) is 0. The highest BCUT2D eigenvalue weighted by Gasteiger charge is 2.47. The van der Waals surface area contributed by atoms with Crippen LogP contribution < -0.4 is 0 Å². The lowest BCUT2D eigenvalue weighted by Crippen LogP contribution is -2.40. The minimum atomic E-state index is -1.18. The van der Waals surface area contributed by atoms with Gasteiger partial charge in [-0.2, -0.15) is 0 Å². The van der Waals surface area contributed by atoms with E-state index in [1.807, 2.05) is 133 Å². The number of hydrogen-bond acceptors (Lipinski definition) is 3. The van der Waals surface area contributed by atoms with Crippen molar-refractivity contribution in [3.05, 3.63) is 215 Å². The molecule has 6 rings (SSSR count). The smallest absolute Gasteiger partial charge is 0.174 e. The van der Waals surface area contributed by atoms with Crippen LogP contribution in [0.5, 0.6) is 0 Å². The molecule has 0 fully saturated rings. The van der Waals surface area contributed by atoms with Crippen LogP contribution in [0.4, 0.5) is 0 Å². The van der Waals surface area contributed by atoms with E-state index in [1.165, 1.54) is 0 Å². The van der Waals surface area contributed by atoms with Crippen LogP contribution in [0.2, 0.25) is 0 Å². The summed E-state index contributed by atoms with van der Waals surface area (Å²) in [6, 6.07) is 56.6. The molecule has 0 aliphatic carbocycles. The molecule has 0 aliphatic heterocycles. The third-order valence-electron chi connectivity index (χ3n) is 8.65. The van der Waals surface area contributed by atoms with Crippen molar-refractivity contribution >= 4 is 17.3 Å². The Morgan fingerprint density at radius 1 is 0.326 bits per heavy atom. The van der Waals surface area contributed by atoms with E-state index in [4.69, 9.17) is 0 Å². The summed E-state index contributed by atoms with van der Waals surface area (Å²) in [5.41, 5.74) is 4.01. The van der Waals surface area contributed by atoms with Crippen LogP contribution in [0.25, 0.3) is 0 Å². The maximum Gasteiger partial charge on any atom is 0.174 e. The van der Waals surface area contributed by atoms with Crippen LogP contribution in [-0.2, 0) is 0 Å². The molecule has 0 aliphatic rings. The molecule has 46 heavy (non-hydrogen) atoms. The first-order chi connectivity index (χ1) is 22.6. The van der Waals surface area contributed by atoms with E-state index >= 15 is 4.79 Å². The van der Waals surface area contributed by atoms with E-state index in [9.17, 15) is 9.59 Å². The minimum Gasteiger partial charge on any atom is -0.294 e. The molecule has 224 valence electrons. The molecule has 2 unspecified atom stereocenters. The SMILES string of the molecule is O=C(c1ccccc1)C(C(=O)c1ccccc1)C(c1ccccc1)C(C(=O)c1ccccc1)C(c1ccccc1)c1ccccc1. The zero-order chi connectivity index (χ0) is 31.7. The van der Waals surface area contributed by atoms with Gasteiger partial charge in [-0.15, -0.1) is 0 Å². The maximum absolute atomic E-state index is 15.1. The molecule has 2 atom stereocenters. The highest BCUT2D eigenvalue weighted by molar-refractivity contribution is 6.17. The monoisotopic (exact) mass is 598 g/mol. The van der Waals surface area contributed by atoms with Gasteiger partial charge in [0.05, 0.1) is 5.92 Å². The lowest BCUT2D eigenvalue weighted by Gasteiger charge is -2.37. The molecule has 0 saturated heterocycles. The van der Waals surface area contributed by atoms with Gasteiger partial charge in [-0.1, -0.05) is 182 Å². The average molecular weight is 599 g/mol. The summed E-state index contributed by atoms with van der Waals surface area (Å²) in [5, 5.41) is 0. The van der Waals surface area contributed by atoms with Gasteiger partial charge in [-0.3, -0.25) is 14.4 Å². The summed E-state index contributed by atoms with van der Waals surface area (Å²) < 4.78 is 0. The molecule has 3 nitrogen and oxygen atoms in total. The molecule has 0 N–H and O–H groups in total. The highest BCUT2D eigenvalue weighted by atomic mass is 16.2. The summed E-state index contributed by atoms with van der Waals surface area (Å²) in [4.78, 5) is 44.8. The van der Waals surface area contributed by atoms with E-state index < -0.39 is 23.7 Å². The van der Waals surface area contributed by atoms with Gasteiger partial charge in [0.1, 0.15) is 0 Å². The van der Waals surface area contributed by atoms with Gasteiger partial charge in [0.2, 0.25) is 0 Å². The van der Waals surface area contributed by atoms with Crippen LogP contribution in [0.15, 0.2) is 182 Å². The van der Waals surface area contributed by atoms with E-state index in [0.29, 0.717) is 16.7 Å². The zero-order valence-electron chi connectivity index (χ0n) is 25.4. The van der Waals surface area contributed by atoms with Gasteiger partial charge < -0.3 is 0 Å². The predicted molar refractivity (Wildman–Crippen MR) is 183 cm³/mol. The first kappa shape index (κ1) is 30.4. The van der Waals surface area contributed by atoms with Crippen LogP contribution in [0.3, 0.4) is 0 Å². The van der Waals surface area contributed by atoms with E-state index in [1.54, 1.807) is 48.5 Å². The molecule has 6 aromatic rings. The van der Waals surface area contributed by atoms with Crippen LogP contribution in [0.1, 0.15) is 59.6 Å². The number of rotatable bonds is 12. The third kappa shape index (κ3) is 6.55. The van der Waals surface area contributed by atoms with Crippen molar-refractivity contribution in [2.24, 2.45) is 11.8 Å². The number of carbonyl (C=O) groups is 3. The van der Waals surface area contributed by atoms with Crippen molar-refractivity contribution in [1.29, 1.82) is 0 Å². The zero-order valence-corrected chi connectivity index (χ0v) is 25.4. The third-order valence-corrected chi connectivity index (χ3v) is 8.65. The Morgan fingerprint density at radius 2 is 0.609 bits per heavy atom. The number of benzene rings is 6. The molecule has 0 radical (unpaired) electrons. The first-order valence-electron chi connectivity index (χ1n) is 15.6. The van der Waals surface area contributed by atoms with Crippen LogP contribution >= 0.6 is 0 Å². The Bertz CT molecular complexity index is 1780. The van der Waals surface area contributed by atoms with E-state index in [-0.39, 0.29) is 17.3 Å². The maximum atomic E-state index is 15.1. The largest absolute Gasteiger partial charge is 0.294 e. The van der Waals surface area contributed by atoms with E-state index in [2.05, 4.69) is 0 Å². The summed E-state index contributed by atoms with van der Waals surface area (Å²) in [5.74, 6) is -4.02. The molecule has 0 aromatic heterocycles. The molecule has 0 bridgehead atoms. The second-order valence-electron chi connectivity index (χ2n) is 11.4. The van der Waals surface area contributed by atoms with Gasteiger partial charge in [-0.05, 0) is 16.7 Å². The Morgan fingerprint density at radius 3 is 0.957 bits per heavy atom. The van der Waals surface area contributed by atoms with Gasteiger partial charge in [0, 0.05) is 34.4 Å². The summed E-state index contributed by atoms with van der Waals surface area (Å²) in [6.45, 7) is 0. The average Bonchev–Trinajstić information content (AvgIpc) is 3.14. The van der Waals surface area contributed by atoms with Crippen LogP contribution in [-0.4, -0.2) is 17.3 Å². The molecular weight excluding hydrogens is 564 g/mol. The highest BCUT2D eigenvalue weighted by Crippen LogP contribution is 2.47. The summed E-state index contributed by atoms with van der Waals surface area (Å²) in [6.07, 6.45) is 0. The van der Waals surface area contributed by atoms with Gasteiger partial charge in [0.15, 0.2) is 17.3 Å². The fourth-order valence-electron chi connectivity index (χ4n) is 6.54. The second kappa shape index (κ2) is 14.4. The van der Waals surface area contributed by atoms with Crippen LogP contribution in [0, 0.1) is 11.8 Å². The fourth-order valence-corrected chi connectivity index (χ4v) is 6.54. The lowest BCUT2D eigenvalue weighted by atomic mass is 9.62. The first-order valence-corrected chi connectivity index (χ1v) is 15.6. The lowest BCUT2D eigenvalue weighted by molar-refractivity contribution is 0.0722.